The molecule has 0 spiro atoms. The van der Waals surface area contributed by atoms with Crippen molar-refractivity contribution < 1.29 is 27.8 Å². The number of thiophene rings is 1. The molecule has 0 radical (unpaired) electrons. The summed E-state index contributed by atoms with van der Waals surface area (Å²) < 4.78 is 58.0. The molecule has 45 heavy (non-hydrogen) atoms. The summed E-state index contributed by atoms with van der Waals surface area (Å²) in [5, 5.41) is 21.3. The Hall–Kier alpha value is -3.41. The molecule has 3 N–H and O–H groups in total. The third-order valence-corrected chi connectivity index (χ3v) is 10.3. The first-order valence-electron chi connectivity index (χ1n) is 14.7. The summed E-state index contributed by atoms with van der Waals surface area (Å²) >= 11 is 7.68. The van der Waals surface area contributed by atoms with Crippen LogP contribution in [-0.2, 0) is 4.74 Å². The molecule has 0 unspecified atom stereocenters. The van der Waals surface area contributed by atoms with Crippen LogP contribution in [0.15, 0.2) is 18.2 Å². The molecule has 5 heterocycles. The first-order valence-corrected chi connectivity index (χ1v) is 15.9. The molecule has 3 fully saturated rings. The van der Waals surface area contributed by atoms with E-state index in [9.17, 15) is 19.1 Å². The van der Waals surface area contributed by atoms with Gasteiger partial charge in [-0.15, -0.1) is 11.3 Å². The van der Waals surface area contributed by atoms with Gasteiger partial charge in [0.25, 0.3) is 0 Å². The summed E-state index contributed by atoms with van der Waals surface area (Å²) in [6, 6.07) is 5.96. The van der Waals surface area contributed by atoms with Crippen molar-refractivity contribution in [2.24, 2.45) is 0 Å². The van der Waals surface area contributed by atoms with Crippen LogP contribution < -0.4 is 15.4 Å². The van der Waals surface area contributed by atoms with Crippen molar-refractivity contribution in [3.63, 3.8) is 0 Å². The van der Waals surface area contributed by atoms with Crippen LogP contribution in [0.25, 0.3) is 32.1 Å². The summed E-state index contributed by atoms with van der Waals surface area (Å²) in [6.45, 7) is 3.72. The number of nitrogens with zero attached hydrogens (tertiary/aromatic N) is 5. The number of fused-ring (bicyclic) bond motifs is 3. The lowest BCUT2D eigenvalue weighted by molar-refractivity contribution is -0.0123. The van der Waals surface area contributed by atoms with Gasteiger partial charge >= 0.3 is 6.01 Å². The average molecular weight is 659 g/mol. The van der Waals surface area contributed by atoms with Gasteiger partial charge in [0.15, 0.2) is 5.82 Å². The first kappa shape index (κ1) is 30.3. The maximum absolute atomic E-state index is 16.9. The van der Waals surface area contributed by atoms with Crippen LogP contribution >= 0.6 is 22.9 Å². The Morgan fingerprint density at radius 1 is 1.31 bits per heavy atom. The van der Waals surface area contributed by atoms with Gasteiger partial charge in [0, 0.05) is 35.8 Å². The molecule has 7 rings (SSSR count). The minimum atomic E-state index is -1.23. The Kier molecular flexibility index (Phi) is 7.49. The van der Waals surface area contributed by atoms with Gasteiger partial charge in [0.05, 0.1) is 40.6 Å². The Labute approximate surface area is 265 Å². The van der Waals surface area contributed by atoms with Gasteiger partial charge in [-0.1, -0.05) is 17.7 Å². The van der Waals surface area contributed by atoms with Gasteiger partial charge in [0.2, 0.25) is 0 Å². The summed E-state index contributed by atoms with van der Waals surface area (Å²) in [7, 11) is 0. The Morgan fingerprint density at radius 2 is 2.13 bits per heavy atom. The zero-order chi connectivity index (χ0) is 31.7. The Balaban J connectivity index is 1.41. The molecular formula is C31H30ClF3N6O3S. The van der Waals surface area contributed by atoms with Gasteiger partial charge in [0.1, 0.15) is 46.6 Å². The molecule has 9 nitrogen and oxygen atoms in total. The van der Waals surface area contributed by atoms with Crippen molar-refractivity contribution in [2.75, 3.05) is 56.6 Å². The molecule has 236 valence electrons. The number of β-amino-alcohol motifs (C(OH)–C–C–N with tert-alkyl or cyclic N) is 1. The second kappa shape index (κ2) is 11.1. The first-order chi connectivity index (χ1) is 21.5. The van der Waals surface area contributed by atoms with Gasteiger partial charge in [-0.2, -0.15) is 15.2 Å². The van der Waals surface area contributed by atoms with Crippen LogP contribution in [-0.4, -0.2) is 83.3 Å². The predicted molar refractivity (Wildman–Crippen MR) is 167 cm³/mol. The van der Waals surface area contributed by atoms with Gasteiger partial charge in [-0.3, -0.25) is 4.90 Å². The fourth-order valence-corrected chi connectivity index (χ4v) is 8.30. The van der Waals surface area contributed by atoms with Crippen LogP contribution in [0, 0.1) is 23.0 Å². The van der Waals surface area contributed by atoms with Crippen LogP contribution in [0.3, 0.4) is 0 Å². The number of hydrogen-bond donors (Lipinski definition) is 2. The summed E-state index contributed by atoms with van der Waals surface area (Å²) in [6.07, 6.45) is 1.06. The summed E-state index contributed by atoms with van der Waals surface area (Å²) in [5.41, 5.74) is 4.34. The van der Waals surface area contributed by atoms with Crippen molar-refractivity contribution in [1.29, 1.82) is 5.26 Å². The number of nitrogens with two attached hydrogens (primary N) is 1. The van der Waals surface area contributed by atoms with E-state index in [1.165, 1.54) is 18.2 Å². The second-order valence-corrected chi connectivity index (χ2v) is 13.8. The number of aliphatic hydroxyl groups is 1. The van der Waals surface area contributed by atoms with Crippen molar-refractivity contribution in [1.82, 2.24) is 14.9 Å². The molecule has 0 saturated carbocycles. The van der Waals surface area contributed by atoms with Crippen molar-refractivity contribution >= 4 is 54.7 Å². The minimum absolute atomic E-state index is 0.0154. The largest absolute Gasteiger partial charge is 0.461 e. The fraction of sp³-hybridized carbons (Fsp3) is 0.452. The molecule has 0 bridgehead atoms. The number of hydrogen-bond acceptors (Lipinski definition) is 10. The number of rotatable bonds is 5. The highest BCUT2D eigenvalue weighted by molar-refractivity contribution is 7.23. The summed E-state index contributed by atoms with van der Waals surface area (Å²) in [4.78, 5) is 13.0. The van der Waals surface area contributed by atoms with Crippen molar-refractivity contribution in [3.05, 3.63) is 40.4 Å². The Bertz CT molecular complexity index is 1880. The number of anilines is 2. The molecule has 14 heteroatoms. The SMILES string of the molecule is C[C@@]1(O)COCCN(c2nc(OC[C@@]34CCCN3C[C@H](F)C4)nc3c(F)c(-c4ccc(F)c5sc(N)c(C#N)c45)c(Cl)cc23)C1. The highest BCUT2D eigenvalue weighted by Crippen LogP contribution is 2.46. The normalized spacial score (nSPS) is 25.5. The number of nitriles is 1. The molecule has 0 amide bonds. The molecular weight excluding hydrogens is 629 g/mol. The standard InChI is InChI=1S/C31H30ClF3N6O3S/c1-30(42)13-40(7-8-43-14-30)28-18-9-20(32)23(17-3-4-21(34)26-22(17)19(11-36)27(37)45-26)24(35)25(18)38-29(39-28)44-15-31-5-2-6-41(31)12-16(33)10-31/h3-4,9,16,42H,2,5-8,10,12-15,37H2,1H3/t16-,30+,31+/m1/s1. The molecule has 2 aromatic heterocycles. The Morgan fingerprint density at radius 3 is 2.93 bits per heavy atom. The third kappa shape index (κ3) is 5.13. The quantitative estimate of drug-likeness (QED) is 0.289. The van der Waals surface area contributed by atoms with E-state index < -0.39 is 28.9 Å². The highest BCUT2D eigenvalue weighted by Gasteiger charge is 2.49. The van der Waals surface area contributed by atoms with E-state index in [0.717, 1.165) is 30.7 Å². The maximum atomic E-state index is 16.9. The van der Waals surface area contributed by atoms with E-state index >= 15 is 4.39 Å². The number of alkyl halides is 1. The zero-order valence-electron chi connectivity index (χ0n) is 24.4. The van der Waals surface area contributed by atoms with E-state index in [-0.39, 0.29) is 85.9 Å². The highest BCUT2D eigenvalue weighted by atomic mass is 35.5. The van der Waals surface area contributed by atoms with E-state index in [2.05, 4.69) is 14.9 Å². The van der Waals surface area contributed by atoms with Crippen LogP contribution in [0.4, 0.5) is 24.0 Å². The number of ether oxygens (including phenoxy) is 2. The maximum Gasteiger partial charge on any atom is 0.319 e. The topological polar surface area (TPSA) is 121 Å². The zero-order valence-corrected chi connectivity index (χ0v) is 26.0. The minimum Gasteiger partial charge on any atom is -0.461 e. The second-order valence-electron chi connectivity index (χ2n) is 12.4. The lowest BCUT2D eigenvalue weighted by Crippen LogP contribution is -2.44. The van der Waals surface area contributed by atoms with Crippen LogP contribution in [0.2, 0.25) is 5.02 Å². The lowest BCUT2D eigenvalue weighted by Gasteiger charge is -2.31. The predicted octanol–water partition coefficient (Wildman–Crippen LogP) is 5.44. The number of aromatic nitrogens is 2. The molecule has 3 aliphatic heterocycles. The molecule has 4 aromatic rings. The third-order valence-electron chi connectivity index (χ3n) is 9.02. The molecule has 0 aliphatic carbocycles. The molecule has 3 saturated heterocycles. The number of nitrogen functional groups attached to an aromatic ring is 1. The molecule has 3 aliphatic rings. The van der Waals surface area contributed by atoms with E-state index in [4.69, 9.17) is 26.8 Å². The fourth-order valence-electron chi connectivity index (χ4n) is 7.05. The van der Waals surface area contributed by atoms with E-state index in [1.807, 2.05) is 6.07 Å². The monoisotopic (exact) mass is 658 g/mol. The number of benzene rings is 2. The summed E-state index contributed by atoms with van der Waals surface area (Å²) in [5.74, 6) is -1.14. The van der Waals surface area contributed by atoms with Crippen LogP contribution in [0.5, 0.6) is 6.01 Å². The average Bonchev–Trinajstić information content (AvgIpc) is 3.59. The van der Waals surface area contributed by atoms with Gasteiger partial charge < -0.3 is 25.2 Å². The van der Waals surface area contributed by atoms with Crippen LogP contribution in [0.1, 0.15) is 31.7 Å². The van der Waals surface area contributed by atoms with Crippen molar-refractivity contribution in [3.8, 4) is 23.2 Å². The van der Waals surface area contributed by atoms with Gasteiger partial charge in [-0.25, -0.2) is 13.2 Å². The lowest BCUT2D eigenvalue weighted by atomic mass is 9.95. The number of halogens is 4. The van der Waals surface area contributed by atoms with Crippen molar-refractivity contribution in [2.45, 2.75) is 43.5 Å². The van der Waals surface area contributed by atoms with E-state index in [0.29, 0.717) is 19.5 Å². The van der Waals surface area contributed by atoms with E-state index in [1.54, 1.807) is 11.8 Å². The van der Waals surface area contributed by atoms with Gasteiger partial charge in [-0.05, 0) is 44.0 Å². The molecule has 2 aromatic carbocycles. The smallest absolute Gasteiger partial charge is 0.319 e. The molecule has 3 atom stereocenters.